The van der Waals surface area contributed by atoms with Crippen LogP contribution in [-0.4, -0.2) is 31.9 Å². The van der Waals surface area contributed by atoms with E-state index >= 15 is 0 Å². The molecule has 7 nitrogen and oxygen atoms in total. The van der Waals surface area contributed by atoms with Crippen LogP contribution in [0.25, 0.3) is 0 Å². The van der Waals surface area contributed by atoms with Crippen LogP contribution in [0.5, 0.6) is 0 Å². The van der Waals surface area contributed by atoms with Crippen LogP contribution in [-0.2, 0) is 6.54 Å². The lowest BCUT2D eigenvalue weighted by atomic mass is 9.92. The number of carbonyl (C=O) groups is 1. The number of nitrogens with zero attached hydrogens (tertiary/aromatic N) is 4. The molecule has 3 rings (SSSR count). The zero-order chi connectivity index (χ0) is 17.1. The number of nitrogens with one attached hydrogen (secondary N) is 1. The molecule has 2 heterocycles. The number of rotatable bonds is 4. The molecule has 1 saturated carbocycles. The lowest BCUT2D eigenvalue weighted by molar-refractivity contribution is 0.0945. The van der Waals surface area contributed by atoms with Crippen LogP contribution in [0.4, 0.5) is 0 Å². The molecule has 3 N–H and O–H groups in total. The van der Waals surface area contributed by atoms with E-state index in [4.69, 9.17) is 5.73 Å². The van der Waals surface area contributed by atoms with Crippen molar-refractivity contribution in [1.29, 1.82) is 0 Å². The Morgan fingerprint density at radius 1 is 1.25 bits per heavy atom. The van der Waals surface area contributed by atoms with Gasteiger partial charge in [0.1, 0.15) is 0 Å². The molecule has 0 aliphatic heterocycles. The van der Waals surface area contributed by atoms with Crippen molar-refractivity contribution in [2.24, 2.45) is 5.73 Å². The van der Waals surface area contributed by atoms with Crippen molar-refractivity contribution >= 4 is 5.91 Å². The Kier molecular flexibility index (Phi) is 4.89. The van der Waals surface area contributed by atoms with Gasteiger partial charge in [-0.15, -0.1) is 5.10 Å². The highest BCUT2D eigenvalue weighted by atomic mass is 16.2. The fourth-order valence-corrected chi connectivity index (χ4v) is 3.22. The Balaban J connectivity index is 1.59. The Hall–Kier alpha value is -2.28. The number of pyridine rings is 1. The van der Waals surface area contributed by atoms with Crippen LogP contribution in [0, 0.1) is 13.8 Å². The summed E-state index contributed by atoms with van der Waals surface area (Å²) in [6.45, 7) is 4.34. The normalized spacial score (nSPS) is 20.8. The van der Waals surface area contributed by atoms with Crippen molar-refractivity contribution in [1.82, 2.24) is 25.3 Å². The van der Waals surface area contributed by atoms with Gasteiger partial charge in [-0.05, 0) is 57.2 Å². The lowest BCUT2D eigenvalue weighted by Gasteiger charge is -2.25. The van der Waals surface area contributed by atoms with Crippen LogP contribution in [0.15, 0.2) is 18.3 Å². The molecule has 128 valence electrons. The molecule has 0 atom stereocenters. The van der Waals surface area contributed by atoms with Crippen LogP contribution in [0.2, 0.25) is 0 Å². The first-order valence-electron chi connectivity index (χ1n) is 8.41. The summed E-state index contributed by atoms with van der Waals surface area (Å²) < 4.78 is 1.81. The summed E-state index contributed by atoms with van der Waals surface area (Å²) in [5.74, 6) is -0.208. The van der Waals surface area contributed by atoms with E-state index in [0.29, 0.717) is 24.3 Å². The van der Waals surface area contributed by atoms with Gasteiger partial charge < -0.3 is 11.1 Å². The molecule has 1 aliphatic rings. The van der Waals surface area contributed by atoms with Crippen LogP contribution >= 0.6 is 0 Å². The lowest BCUT2D eigenvalue weighted by Crippen LogP contribution is -2.28. The van der Waals surface area contributed by atoms with Gasteiger partial charge >= 0.3 is 0 Å². The minimum atomic E-state index is -0.208. The number of nitrogens with two attached hydrogens (primary N) is 1. The second kappa shape index (κ2) is 7.09. The molecular formula is C17H24N6O. The molecule has 2 aromatic rings. The Morgan fingerprint density at radius 2 is 1.92 bits per heavy atom. The van der Waals surface area contributed by atoms with E-state index in [1.54, 1.807) is 6.20 Å². The summed E-state index contributed by atoms with van der Waals surface area (Å²) in [6.07, 6.45) is 5.70. The summed E-state index contributed by atoms with van der Waals surface area (Å²) in [6, 6.07) is 4.52. The highest BCUT2D eigenvalue weighted by molar-refractivity contribution is 5.91. The largest absolute Gasteiger partial charge is 0.347 e. The number of hydrogen-bond donors (Lipinski definition) is 2. The molecule has 1 amide bonds. The van der Waals surface area contributed by atoms with Crippen molar-refractivity contribution in [3.05, 3.63) is 41.0 Å². The molecule has 7 heteroatoms. The van der Waals surface area contributed by atoms with Crippen LogP contribution in [0.1, 0.15) is 59.2 Å². The quantitative estimate of drug-likeness (QED) is 0.889. The number of aryl methyl sites for hydroxylation is 2. The highest BCUT2D eigenvalue weighted by Gasteiger charge is 2.22. The molecule has 0 radical (unpaired) electrons. The van der Waals surface area contributed by atoms with Gasteiger partial charge in [-0.2, -0.15) is 0 Å². The molecule has 0 saturated heterocycles. The second-order valence-electron chi connectivity index (χ2n) is 6.59. The first kappa shape index (κ1) is 16.6. The average molecular weight is 328 g/mol. The van der Waals surface area contributed by atoms with E-state index in [-0.39, 0.29) is 5.91 Å². The standard InChI is InChI=1S/C17H24N6O/c1-11-7-13(8-12(2)20-11)9-19-17(24)16-10-23(22-21-16)15-5-3-14(18)4-6-15/h7-8,10,14-15H,3-6,9,18H2,1-2H3,(H,19,24). The van der Waals surface area contributed by atoms with Gasteiger partial charge in [-0.25, -0.2) is 4.68 Å². The van der Waals surface area contributed by atoms with Gasteiger partial charge in [0.05, 0.1) is 12.2 Å². The third-order valence-electron chi connectivity index (χ3n) is 4.45. The van der Waals surface area contributed by atoms with E-state index < -0.39 is 0 Å². The molecule has 0 aromatic carbocycles. The average Bonchev–Trinajstić information content (AvgIpc) is 3.02. The Morgan fingerprint density at radius 3 is 2.58 bits per heavy atom. The van der Waals surface area contributed by atoms with Crippen molar-refractivity contribution in [3.63, 3.8) is 0 Å². The minimum Gasteiger partial charge on any atom is -0.347 e. The summed E-state index contributed by atoms with van der Waals surface area (Å²) in [5, 5.41) is 11.0. The smallest absolute Gasteiger partial charge is 0.273 e. The molecule has 1 fully saturated rings. The van der Waals surface area contributed by atoms with Gasteiger partial charge in [0.2, 0.25) is 0 Å². The summed E-state index contributed by atoms with van der Waals surface area (Å²) in [4.78, 5) is 16.6. The van der Waals surface area contributed by atoms with Crippen LogP contribution < -0.4 is 11.1 Å². The maximum absolute atomic E-state index is 12.3. The van der Waals surface area contributed by atoms with E-state index in [2.05, 4.69) is 20.6 Å². The van der Waals surface area contributed by atoms with E-state index in [9.17, 15) is 4.79 Å². The monoisotopic (exact) mass is 328 g/mol. The number of amides is 1. The van der Waals surface area contributed by atoms with Gasteiger partial charge in [-0.3, -0.25) is 9.78 Å². The topological polar surface area (TPSA) is 98.7 Å². The maximum atomic E-state index is 12.3. The van der Waals surface area contributed by atoms with Crippen molar-refractivity contribution < 1.29 is 4.79 Å². The fourth-order valence-electron chi connectivity index (χ4n) is 3.22. The molecule has 0 unspecified atom stereocenters. The zero-order valence-electron chi connectivity index (χ0n) is 14.2. The minimum absolute atomic E-state index is 0.208. The molecule has 2 aromatic heterocycles. The predicted octanol–water partition coefficient (Wildman–Crippen LogP) is 1.66. The molecule has 24 heavy (non-hydrogen) atoms. The first-order valence-corrected chi connectivity index (χ1v) is 8.41. The van der Waals surface area contributed by atoms with Crippen LogP contribution in [0.3, 0.4) is 0 Å². The molecule has 1 aliphatic carbocycles. The highest BCUT2D eigenvalue weighted by Crippen LogP contribution is 2.26. The Labute approximate surface area is 141 Å². The second-order valence-corrected chi connectivity index (χ2v) is 6.59. The molecule has 0 bridgehead atoms. The summed E-state index contributed by atoms with van der Waals surface area (Å²) >= 11 is 0. The third kappa shape index (κ3) is 3.97. The maximum Gasteiger partial charge on any atom is 0.273 e. The predicted molar refractivity (Wildman–Crippen MR) is 90.4 cm³/mol. The van der Waals surface area contributed by atoms with E-state index in [1.165, 1.54) is 0 Å². The third-order valence-corrected chi connectivity index (χ3v) is 4.45. The molecule has 0 spiro atoms. The van der Waals surface area contributed by atoms with Crippen molar-refractivity contribution in [3.8, 4) is 0 Å². The summed E-state index contributed by atoms with van der Waals surface area (Å²) in [7, 11) is 0. The van der Waals surface area contributed by atoms with Gasteiger partial charge in [0, 0.05) is 24.0 Å². The van der Waals surface area contributed by atoms with E-state index in [1.807, 2.05) is 30.7 Å². The number of hydrogen-bond acceptors (Lipinski definition) is 5. The van der Waals surface area contributed by atoms with Gasteiger partial charge in [-0.1, -0.05) is 5.21 Å². The fraction of sp³-hybridized carbons (Fsp3) is 0.529. The zero-order valence-corrected chi connectivity index (χ0v) is 14.2. The van der Waals surface area contributed by atoms with Gasteiger partial charge in [0.15, 0.2) is 5.69 Å². The number of aromatic nitrogens is 4. The van der Waals surface area contributed by atoms with E-state index in [0.717, 1.165) is 42.6 Å². The Bertz CT molecular complexity index is 697. The van der Waals surface area contributed by atoms with Crippen molar-refractivity contribution in [2.45, 2.75) is 58.2 Å². The summed E-state index contributed by atoms with van der Waals surface area (Å²) in [5.41, 5.74) is 9.20. The SMILES string of the molecule is Cc1cc(CNC(=O)c2cn(C3CCC(N)CC3)nn2)cc(C)n1. The molecular weight excluding hydrogens is 304 g/mol. The van der Waals surface area contributed by atoms with Gasteiger partial charge in [0.25, 0.3) is 5.91 Å². The van der Waals surface area contributed by atoms with Crippen molar-refractivity contribution in [2.75, 3.05) is 0 Å². The number of carbonyl (C=O) groups excluding carboxylic acids is 1. The first-order chi connectivity index (χ1) is 11.5.